The predicted octanol–water partition coefficient (Wildman–Crippen LogP) is 3.72. The van der Waals surface area contributed by atoms with Gasteiger partial charge in [-0.3, -0.25) is 19.3 Å². The number of benzene rings is 3. The molecular formula is C36H39N4O5S+. The Morgan fingerprint density at radius 1 is 1.00 bits per heavy atom. The molecule has 46 heavy (non-hydrogen) atoms. The van der Waals surface area contributed by atoms with Crippen LogP contribution < -0.4 is 11.1 Å². The summed E-state index contributed by atoms with van der Waals surface area (Å²) in [6.07, 6.45) is 3.19. The molecule has 0 spiro atoms. The van der Waals surface area contributed by atoms with E-state index in [0.717, 1.165) is 16.7 Å². The summed E-state index contributed by atoms with van der Waals surface area (Å²) in [5.74, 6) is -1.22. The summed E-state index contributed by atoms with van der Waals surface area (Å²) in [4.78, 5) is 53.8. The second kappa shape index (κ2) is 14.6. The minimum atomic E-state index is -0.760. The summed E-state index contributed by atoms with van der Waals surface area (Å²) < 4.78 is 6.62. The largest absolute Gasteiger partial charge is 0.448 e. The number of nitrogens with two attached hydrogens (primary N) is 1. The van der Waals surface area contributed by atoms with E-state index in [2.05, 4.69) is 5.32 Å². The molecule has 0 saturated carbocycles. The molecule has 3 aromatic rings. The lowest BCUT2D eigenvalue weighted by Crippen LogP contribution is -2.70. The van der Waals surface area contributed by atoms with Crippen LogP contribution in [0.2, 0.25) is 0 Å². The highest BCUT2D eigenvalue weighted by Gasteiger charge is 2.54. The standard InChI is InChI=1S/C36H38N4O5S/c1-3-40(2,23-29(37)41)21-13-20-28-24-46-35-31(38-30(42)22-25-14-7-4-8-15-25)34(43)39(35)32(28)36(44)45-33(26-16-9-5-10-17-26)27-18-11-6-12-19-27/h4-20,31,33,35H,3,21-24H2,1-2H3,(H2-,37,38,41,42)/p+1/b20-13+/t31-,35-,40?/m1/s1. The molecule has 0 aliphatic carbocycles. The van der Waals surface area contributed by atoms with Crippen LogP contribution in [0.1, 0.15) is 29.7 Å². The van der Waals surface area contributed by atoms with Gasteiger partial charge in [-0.25, -0.2) is 4.79 Å². The molecule has 1 fully saturated rings. The number of rotatable bonds is 13. The topological polar surface area (TPSA) is 119 Å². The van der Waals surface area contributed by atoms with Gasteiger partial charge in [0.2, 0.25) is 5.91 Å². The maximum absolute atomic E-state index is 14.2. The van der Waals surface area contributed by atoms with E-state index in [0.29, 0.717) is 28.9 Å². The lowest BCUT2D eigenvalue weighted by atomic mass is 10.00. The third-order valence-corrected chi connectivity index (χ3v) is 9.61. The number of carbonyl (C=O) groups excluding carboxylic acids is 4. The van der Waals surface area contributed by atoms with Crippen molar-refractivity contribution >= 4 is 35.5 Å². The molecular weight excluding hydrogens is 600 g/mol. The first-order valence-electron chi connectivity index (χ1n) is 15.3. The first-order chi connectivity index (χ1) is 22.2. The number of ether oxygens (including phenoxy) is 1. The van der Waals surface area contributed by atoms with Gasteiger partial charge < -0.3 is 20.3 Å². The average molecular weight is 640 g/mol. The third kappa shape index (κ3) is 7.58. The smallest absolute Gasteiger partial charge is 0.356 e. The third-order valence-electron chi connectivity index (χ3n) is 8.31. The normalized spacial score (nSPS) is 18.9. The number of allylic oxidation sites excluding steroid dienone is 1. The van der Waals surface area contributed by atoms with Crippen LogP contribution in [0.4, 0.5) is 0 Å². The Kier molecular flexibility index (Phi) is 10.4. The Balaban J connectivity index is 1.43. The zero-order chi connectivity index (χ0) is 32.7. The number of hydrogen-bond acceptors (Lipinski definition) is 6. The molecule has 0 radical (unpaired) electrons. The van der Waals surface area contributed by atoms with Gasteiger partial charge in [0.1, 0.15) is 17.1 Å². The van der Waals surface area contributed by atoms with Crippen LogP contribution in [-0.4, -0.2) is 76.9 Å². The van der Waals surface area contributed by atoms with Crippen LogP contribution in [-0.2, 0) is 30.3 Å². The van der Waals surface area contributed by atoms with Crippen molar-refractivity contribution in [1.82, 2.24) is 10.2 Å². The van der Waals surface area contributed by atoms with Crippen LogP contribution in [0.5, 0.6) is 0 Å². The molecule has 2 heterocycles. The number of likely N-dealkylation sites (N-methyl/N-ethyl adjacent to an activating group) is 1. The van der Waals surface area contributed by atoms with Crippen molar-refractivity contribution in [2.24, 2.45) is 5.73 Å². The molecule has 9 nitrogen and oxygen atoms in total. The Labute approximate surface area is 273 Å². The van der Waals surface area contributed by atoms with Crippen molar-refractivity contribution < 1.29 is 28.4 Å². The van der Waals surface area contributed by atoms with Crippen LogP contribution in [0.25, 0.3) is 0 Å². The van der Waals surface area contributed by atoms with E-state index < -0.39 is 29.4 Å². The lowest BCUT2D eigenvalue weighted by Gasteiger charge is -2.49. The fourth-order valence-corrected chi connectivity index (χ4v) is 6.96. The van der Waals surface area contributed by atoms with Crippen molar-refractivity contribution in [3.8, 4) is 0 Å². The first-order valence-corrected chi connectivity index (χ1v) is 16.3. The zero-order valence-corrected chi connectivity index (χ0v) is 26.8. The van der Waals surface area contributed by atoms with Gasteiger partial charge in [-0.1, -0.05) is 97.1 Å². The molecule has 3 amide bonds. The van der Waals surface area contributed by atoms with Gasteiger partial charge in [-0.05, 0) is 35.3 Å². The summed E-state index contributed by atoms with van der Waals surface area (Å²) in [5.41, 5.74) is 8.73. The van der Waals surface area contributed by atoms with E-state index in [4.69, 9.17) is 10.5 Å². The molecule has 2 aliphatic heterocycles. The number of hydrogen-bond donors (Lipinski definition) is 2. The second-order valence-corrected chi connectivity index (χ2v) is 12.8. The zero-order valence-electron chi connectivity index (χ0n) is 26.0. The number of thioether (sulfide) groups is 1. The lowest BCUT2D eigenvalue weighted by molar-refractivity contribution is -0.894. The first kappa shape index (κ1) is 32.7. The van der Waals surface area contributed by atoms with Crippen LogP contribution in [0.15, 0.2) is 114 Å². The molecule has 3 N–H and O–H groups in total. The summed E-state index contributed by atoms with van der Waals surface area (Å²) >= 11 is 1.48. The Hall–Kier alpha value is -4.67. The Morgan fingerprint density at radius 3 is 2.15 bits per heavy atom. The van der Waals surface area contributed by atoms with E-state index in [1.54, 1.807) is 0 Å². The van der Waals surface area contributed by atoms with Crippen molar-refractivity contribution in [3.63, 3.8) is 0 Å². The molecule has 238 valence electrons. The summed E-state index contributed by atoms with van der Waals surface area (Å²) in [5, 5.41) is 2.43. The van der Waals surface area contributed by atoms with Crippen molar-refractivity contribution in [3.05, 3.63) is 131 Å². The van der Waals surface area contributed by atoms with Crippen LogP contribution in [0, 0.1) is 0 Å². The molecule has 5 rings (SSSR count). The minimum absolute atomic E-state index is 0.149. The quantitative estimate of drug-likeness (QED) is 0.167. The van der Waals surface area contributed by atoms with Gasteiger partial charge in [0.05, 0.1) is 26.6 Å². The minimum Gasteiger partial charge on any atom is -0.448 e. The van der Waals surface area contributed by atoms with Gasteiger partial charge in [0.25, 0.3) is 11.8 Å². The van der Waals surface area contributed by atoms with Gasteiger partial charge >= 0.3 is 5.97 Å². The van der Waals surface area contributed by atoms with Gasteiger partial charge in [0.15, 0.2) is 12.6 Å². The van der Waals surface area contributed by atoms with E-state index in [-0.39, 0.29) is 30.5 Å². The van der Waals surface area contributed by atoms with Crippen molar-refractivity contribution in [2.45, 2.75) is 30.9 Å². The molecule has 3 aromatic carbocycles. The van der Waals surface area contributed by atoms with Gasteiger partial charge in [-0.2, -0.15) is 0 Å². The second-order valence-electron chi connectivity index (χ2n) is 11.7. The van der Waals surface area contributed by atoms with E-state index >= 15 is 0 Å². The van der Waals surface area contributed by atoms with Crippen LogP contribution >= 0.6 is 11.8 Å². The monoisotopic (exact) mass is 639 g/mol. The molecule has 1 unspecified atom stereocenters. The Morgan fingerprint density at radius 2 is 1.59 bits per heavy atom. The number of primary amides is 1. The highest BCUT2D eigenvalue weighted by Crippen LogP contribution is 2.42. The fraction of sp³-hybridized carbons (Fsp3) is 0.278. The molecule has 3 atom stereocenters. The van der Waals surface area contributed by atoms with E-state index in [9.17, 15) is 19.2 Å². The highest BCUT2D eigenvalue weighted by atomic mass is 32.2. The molecule has 0 aromatic heterocycles. The Bertz CT molecular complexity index is 1590. The predicted molar refractivity (Wildman–Crippen MR) is 178 cm³/mol. The number of fused-ring (bicyclic) bond motifs is 1. The highest BCUT2D eigenvalue weighted by molar-refractivity contribution is 8.00. The molecule has 10 heteroatoms. The number of carbonyl (C=O) groups is 4. The number of nitrogens with one attached hydrogen (secondary N) is 1. The fourth-order valence-electron chi connectivity index (χ4n) is 5.64. The van der Waals surface area contributed by atoms with Crippen molar-refractivity contribution in [1.29, 1.82) is 0 Å². The average Bonchev–Trinajstić information content (AvgIpc) is 3.06. The number of amides is 3. The summed E-state index contributed by atoms with van der Waals surface area (Å²) in [7, 11) is 1.94. The SMILES string of the molecule is CC[N+](C)(C/C=C/C1=C(C(=O)OC(c2ccccc2)c2ccccc2)N2C(=O)[C@@H](NC(=O)Cc3ccccc3)[C@H]2SC1)CC(N)=O. The van der Waals surface area contributed by atoms with E-state index in [1.165, 1.54) is 16.7 Å². The maximum Gasteiger partial charge on any atom is 0.356 e. The van der Waals surface area contributed by atoms with Gasteiger partial charge in [0, 0.05) is 5.75 Å². The van der Waals surface area contributed by atoms with Crippen molar-refractivity contribution in [2.75, 3.05) is 32.4 Å². The number of nitrogens with zero attached hydrogens (tertiary/aromatic N) is 2. The summed E-state index contributed by atoms with van der Waals surface area (Å²) in [6.45, 7) is 3.35. The number of esters is 1. The number of quaternary nitrogens is 1. The molecule has 2 aliphatic rings. The summed E-state index contributed by atoms with van der Waals surface area (Å²) in [6, 6.07) is 27.5. The molecule has 1 saturated heterocycles. The van der Waals surface area contributed by atoms with Gasteiger partial charge in [-0.15, -0.1) is 11.8 Å². The molecule has 0 bridgehead atoms. The maximum atomic E-state index is 14.2. The number of β-lactam (4-membered cyclic amide) rings is 1. The van der Waals surface area contributed by atoms with E-state index in [1.807, 2.05) is 117 Å². The van der Waals surface area contributed by atoms with Crippen LogP contribution in [0.3, 0.4) is 0 Å².